The van der Waals surface area contributed by atoms with Crippen LogP contribution in [0.1, 0.15) is 77.5 Å². The SMILES string of the molecule is C=CC(=O)OCC(C)(C)C(=O)C(=O)N1CCCC[C@H]1C(=O)O[C@H](CCc1cc(OC)cc(OC)c1OC)c1cccc(OCC(=O)OC(C)(C)C)c1. The van der Waals surface area contributed by atoms with Gasteiger partial charge in [0.15, 0.2) is 18.1 Å². The molecule has 1 fully saturated rings. The van der Waals surface area contributed by atoms with E-state index < -0.39 is 52.8 Å². The molecule has 284 valence electrons. The molecule has 0 aromatic heterocycles. The Labute approximate surface area is 305 Å². The third kappa shape index (κ3) is 11.5. The first kappa shape index (κ1) is 41.4. The third-order valence-corrected chi connectivity index (χ3v) is 8.29. The standard InChI is InChI=1S/C39H51NO12/c1-10-32(41)50-24-39(5,6)35(43)36(44)40-19-12-11-16-29(40)37(45)51-30(18-17-26-21-28(46-7)22-31(47-8)34(26)48-9)25-14-13-15-27(20-25)49-23-33(42)52-38(2,3)4/h10,13-15,20-22,29-30H,1,11-12,16-19,23-24H2,2-9H3/t29-,30+/m0/s1. The van der Waals surface area contributed by atoms with Gasteiger partial charge in [0.25, 0.3) is 5.91 Å². The summed E-state index contributed by atoms with van der Waals surface area (Å²) in [5.41, 5.74) is -0.727. The molecule has 0 N–H and O–H groups in total. The Morgan fingerprint density at radius 3 is 2.31 bits per heavy atom. The van der Waals surface area contributed by atoms with Crippen molar-refractivity contribution in [3.63, 3.8) is 0 Å². The first-order valence-electron chi connectivity index (χ1n) is 17.1. The molecule has 2 atom stereocenters. The molecule has 0 unspecified atom stereocenters. The smallest absolute Gasteiger partial charge is 0.344 e. The van der Waals surface area contributed by atoms with Gasteiger partial charge in [0.1, 0.15) is 35.9 Å². The molecular weight excluding hydrogens is 674 g/mol. The minimum atomic E-state index is -1.35. The minimum absolute atomic E-state index is 0.173. The predicted molar refractivity (Wildman–Crippen MR) is 190 cm³/mol. The largest absolute Gasteiger partial charge is 0.497 e. The minimum Gasteiger partial charge on any atom is -0.497 e. The van der Waals surface area contributed by atoms with E-state index in [-0.39, 0.29) is 32.6 Å². The fraction of sp³-hybridized carbons (Fsp3) is 0.513. The number of benzene rings is 2. The summed E-state index contributed by atoms with van der Waals surface area (Å²) in [5.74, 6) is -1.75. The summed E-state index contributed by atoms with van der Waals surface area (Å²) in [6.45, 7) is 11.1. The number of hydrogen-bond donors (Lipinski definition) is 0. The third-order valence-electron chi connectivity index (χ3n) is 8.29. The van der Waals surface area contributed by atoms with Gasteiger partial charge in [-0.2, -0.15) is 0 Å². The first-order valence-corrected chi connectivity index (χ1v) is 17.1. The molecule has 1 amide bonds. The van der Waals surface area contributed by atoms with E-state index in [0.717, 1.165) is 11.6 Å². The average Bonchev–Trinajstić information content (AvgIpc) is 3.12. The molecule has 1 aliphatic rings. The lowest BCUT2D eigenvalue weighted by molar-refractivity contribution is -0.165. The normalized spacial score (nSPS) is 15.1. The number of amides is 1. The van der Waals surface area contributed by atoms with Crippen molar-refractivity contribution in [1.29, 1.82) is 0 Å². The lowest BCUT2D eigenvalue weighted by atomic mass is 9.87. The van der Waals surface area contributed by atoms with Crippen molar-refractivity contribution in [2.45, 2.75) is 84.5 Å². The van der Waals surface area contributed by atoms with Gasteiger partial charge >= 0.3 is 17.9 Å². The molecule has 13 heteroatoms. The second kappa shape index (κ2) is 18.4. The Kier molecular flexibility index (Phi) is 14.7. The number of piperidine rings is 1. The highest BCUT2D eigenvalue weighted by molar-refractivity contribution is 6.38. The summed E-state index contributed by atoms with van der Waals surface area (Å²) in [7, 11) is 4.58. The van der Waals surface area contributed by atoms with E-state index in [4.69, 9.17) is 33.2 Å². The van der Waals surface area contributed by atoms with Gasteiger partial charge < -0.3 is 38.1 Å². The van der Waals surface area contributed by atoms with Crippen LogP contribution >= 0.6 is 0 Å². The Bertz CT molecular complexity index is 1610. The summed E-state index contributed by atoms with van der Waals surface area (Å²) in [4.78, 5) is 66.2. The molecule has 2 aromatic rings. The Hall–Kier alpha value is -5.07. The van der Waals surface area contributed by atoms with Crippen LogP contribution in [0.5, 0.6) is 23.0 Å². The van der Waals surface area contributed by atoms with Crippen molar-refractivity contribution in [2.75, 3.05) is 41.1 Å². The molecular formula is C39H51NO12. The van der Waals surface area contributed by atoms with Crippen LogP contribution < -0.4 is 18.9 Å². The van der Waals surface area contributed by atoms with E-state index in [9.17, 15) is 24.0 Å². The maximum Gasteiger partial charge on any atom is 0.344 e. The number of carbonyl (C=O) groups excluding carboxylic acids is 5. The van der Waals surface area contributed by atoms with Crippen LogP contribution in [0.3, 0.4) is 0 Å². The van der Waals surface area contributed by atoms with E-state index in [0.29, 0.717) is 47.8 Å². The van der Waals surface area contributed by atoms with Crippen molar-refractivity contribution in [2.24, 2.45) is 5.41 Å². The van der Waals surface area contributed by atoms with Gasteiger partial charge in [-0.15, -0.1) is 0 Å². The lowest BCUT2D eigenvalue weighted by Crippen LogP contribution is -2.53. The maximum absolute atomic E-state index is 14.0. The van der Waals surface area contributed by atoms with Gasteiger partial charge in [-0.3, -0.25) is 9.59 Å². The molecule has 0 spiro atoms. The van der Waals surface area contributed by atoms with Crippen LogP contribution in [0.15, 0.2) is 49.1 Å². The fourth-order valence-electron chi connectivity index (χ4n) is 5.65. The van der Waals surface area contributed by atoms with Crippen molar-refractivity contribution in [3.8, 4) is 23.0 Å². The van der Waals surface area contributed by atoms with Gasteiger partial charge in [-0.25, -0.2) is 14.4 Å². The number of aryl methyl sites for hydroxylation is 1. The molecule has 52 heavy (non-hydrogen) atoms. The van der Waals surface area contributed by atoms with Gasteiger partial charge in [-0.05, 0) is 90.5 Å². The Morgan fingerprint density at radius 2 is 1.67 bits per heavy atom. The number of methoxy groups -OCH3 is 3. The number of ether oxygens (including phenoxy) is 7. The van der Waals surface area contributed by atoms with Gasteiger partial charge in [0.2, 0.25) is 5.78 Å². The zero-order chi connectivity index (χ0) is 38.6. The maximum atomic E-state index is 14.0. The molecule has 3 rings (SSSR count). The summed E-state index contributed by atoms with van der Waals surface area (Å²) in [6.07, 6.45) is 2.24. The van der Waals surface area contributed by atoms with Crippen LogP contribution in [0.4, 0.5) is 0 Å². The molecule has 0 radical (unpaired) electrons. The van der Waals surface area contributed by atoms with E-state index in [1.165, 1.54) is 40.1 Å². The number of carbonyl (C=O) groups is 5. The highest BCUT2D eigenvalue weighted by atomic mass is 16.6. The Balaban J connectivity index is 1.92. The number of hydrogen-bond acceptors (Lipinski definition) is 12. The van der Waals surface area contributed by atoms with Crippen LogP contribution in [0.25, 0.3) is 0 Å². The number of Topliss-reactive ketones (excluding diaryl/α,β-unsaturated/α-hetero) is 1. The fourth-order valence-corrected chi connectivity index (χ4v) is 5.65. The molecule has 1 aliphatic heterocycles. The zero-order valence-corrected chi connectivity index (χ0v) is 31.4. The van der Waals surface area contributed by atoms with Gasteiger partial charge in [0.05, 0.1) is 26.7 Å². The summed E-state index contributed by atoms with van der Waals surface area (Å²) in [5, 5.41) is 0. The number of likely N-dealkylation sites (tertiary alicyclic amines) is 1. The van der Waals surface area contributed by atoms with E-state index in [1.54, 1.807) is 51.1 Å². The first-order chi connectivity index (χ1) is 24.5. The van der Waals surface area contributed by atoms with Crippen molar-refractivity contribution >= 4 is 29.6 Å². The van der Waals surface area contributed by atoms with Crippen LogP contribution in [-0.4, -0.2) is 87.2 Å². The monoisotopic (exact) mass is 725 g/mol. The molecule has 1 heterocycles. The highest BCUT2D eigenvalue weighted by Gasteiger charge is 2.42. The summed E-state index contributed by atoms with van der Waals surface area (Å²) < 4.78 is 39.0. The highest BCUT2D eigenvalue weighted by Crippen LogP contribution is 2.38. The van der Waals surface area contributed by atoms with Gasteiger partial charge in [0, 0.05) is 24.3 Å². The van der Waals surface area contributed by atoms with E-state index >= 15 is 0 Å². The molecule has 2 aromatic carbocycles. The second-order valence-corrected chi connectivity index (χ2v) is 14.0. The zero-order valence-electron chi connectivity index (χ0n) is 31.4. The van der Waals surface area contributed by atoms with Crippen molar-refractivity contribution in [1.82, 2.24) is 4.90 Å². The summed E-state index contributed by atoms with van der Waals surface area (Å²) in [6, 6.07) is 9.30. The van der Waals surface area contributed by atoms with E-state index in [1.807, 2.05) is 6.07 Å². The Morgan fingerprint density at radius 1 is 0.942 bits per heavy atom. The average molecular weight is 726 g/mol. The second-order valence-electron chi connectivity index (χ2n) is 14.0. The van der Waals surface area contributed by atoms with Crippen molar-refractivity contribution in [3.05, 3.63) is 60.2 Å². The van der Waals surface area contributed by atoms with Gasteiger partial charge in [-0.1, -0.05) is 18.7 Å². The van der Waals surface area contributed by atoms with Crippen LogP contribution in [0.2, 0.25) is 0 Å². The number of esters is 3. The molecule has 0 aliphatic carbocycles. The van der Waals surface area contributed by atoms with Crippen molar-refractivity contribution < 1.29 is 57.1 Å². The lowest BCUT2D eigenvalue weighted by Gasteiger charge is -2.36. The summed E-state index contributed by atoms with van der Waals surface area (Å²) >= 11 is 0. The molecule has 0 saturated carbocycles. The molecule has 13 nitrogen and oxygen atoms in total. The molecule has 0 bridgehead atoms. The molecule has 1 saturated heterocycles. The van der Waals surface area contributed by atoms with Crippen LogP contribution in [-0.2, 0) is 44.6 Å². The topological polar surface area (TPSA) is 153 Å². The number of ketones is 1. The van der Waals surface area contributed by atoms with E-state index in [2.05, 4.69) is 6.58 Å². The quantitative estimate of drug-likeness (QED) is 0.0894. The number of rotatable bonds is 17. The number of nitrogens with zero attached hydrogens (tertiary/aromatic N) is 1. The predicted octanol–water partition coefficient (Wildman–Crippen LogP) is 5.36. The van der Waals surface area contributed by atoms with Crippen LogP contribution in [0, 0.1) is 5.41 Å².